The first-order valence-electron chi connectivity index (χ1n) is 6.49. The van der Waals surface area contributed by atoms with E-state index < -0.39 is 0 Å². The average Bonchev–Trinajstić information content (AvgIpc) is 2.53. The maximum atomic E-state index is 11.3. The van der Waals surface area contributed by atoms with E-state index >= 15 is 0 Å². The van der Waals surface area contributed by atoms with Crippen LogP contribution in [0, 0.1) is 6.92 Å². The fraction of sp³-hybridized carbons (Fsp3) is 0.200. The molecule has 0 spiro atoms. The predicted octanol–water partition coefficient (Wildman–Crippen LogP) is 1.45. The molecule has 1 aromatic carbocycles. The molecule has 0 fully saturated rings. The van der Waals surface area contributed by atoms with Gasteiger partial charge in [-0.3, -0.25) is 15.2 Å². The van der Waals surface area contributed by atoms with E-state index in [1.54, 1.807) is 30.5 Å². The fourth-order valence-electron chi connectivity index (χ4n) is 1.72. The molecule has 0 saturated heterocycles. The Balaban J connectivity index is 1.79. The van der Waals surface area contributed by atoms with Crippen LogP contribution in [0.4, 0.5) is 0 Å². The first-order chi connectivity index (χ1) is 10.2. The summed E-state index contributed by atoms with van der Waals surface area (Å²) in [4.78, 5) is 15.4. The van der Waals surface area contributed by atoms with Gasteiger partial charge in [-0.25, -0.2) is 5.84 Å². The quantitative estimate of drug-likeness (QED) is 0.363. The molecular weight excluding hydrogens is 270 g/mol. The van der Waals surface area contributed by atoms with Gasteiger partial charge in [-0.15, -0.1) is 0 Å². The highest BCUT2D eigenvalue weighted by atomic mass is 16.5. The molecule has 6 heteroatoms. The van der Waals surface area contributed by atoms with Gasteiger partial charge in [-0.1, -0.05) is 0 Å². The number of benzene rings is 1. The number of pyridine rings is 1. The van der Waals surface area contributed by atoms with Crippen LogP contribution in [0.15, 0.2) is 42.6 Å². The fourth-order valence-corrected chi connectivity index (χ4v) is 1.72. The molecule has 0 aliphatic rings. The third-order valence-electron chi connectivity index (χ3n) is 2.82. The molecule has 1 amide bonds. The number of nitrogens with zero attached hydrogens (tertiary/aromatic N) is 1. The number of carbonyl (C=O) groups excluding carboxylic acids is 1. The summed E-state index contributed by atoms with van der Waals surface area (Å²) < 4.78 is 11.1. The smallest absolute Gasteiger partial charge is 0.265 e. The number of carbonyl (C=O) groups is 1. The van der Waals surface area contributed by atoms with E-state index in [0.29, 0.717) is 24.5 Å². The summed E-state index contributed by atoms with van der Waals surface area (Å²) >= 11 is 0. The van der Waals surface area contributed by atoms with Crippen LogP contribution in [-0.4, -0.2) is 24.1 Å². The van der Waals surface area contributed by atoms with Crippen molar-refractivity contribution in [2.45, 2.75) is 6.92 Å². The van der Waals surface area contributed by atoms with Crippen LogP contribution in [-0.2, 0) is 0 Å². The summed E-state index contributed by atoms with van der Waals surface area (Å²) in [6.07, 6.45) is 1.72. The van der Waals surface area contributed by atoms with Crippen molar-refractivity contribution >= 4 is 5.91 Å². The molecule has 0 unspecified atom stereocenters. The number of rotatable bonds is 6. The van der Waals surface area contributed by atoms with E-state index in [-0.39, 0.29) is 5.91 Å². The molecule has 0 atom stereocenters. The van der Waals surface area contributed by atoms with E-state index in [9.17, 15) is 4.79 Å². The van der Waals surface area contributed by atoms with Gasteiger partial charge in [-0.2, -0.15) is 0 Å². The van der Waals surface area contributed by atoms with E-state index in [2.05, 4.69) is 10.4 Å². The molecule has 110 valence electrons. The van der Waals surface area contributed by atoms with E-state index in [1.807, 2.05) is 19.1 Å². The summed E-state index contributed by atoms with van der Waals surface area (Å²) in [7, 11) is 0. The van der Waals surface area contributed by atoms with Crippen molar-refractivity contribution in [2.75, 3.05) is 13.2 Å². The Morgan fingerprint density at radius 3 is 2.57 bits per heavy atom. The second kappa shape index (κ2) is 7.25. The maximum absolute atomic E-state index is 11.3. The highest BCUT2D eigenvalue weighted by Crippen LogP contribution is 2.14. The number of nitrogens with one attached hydrogen (secondary N) is 1. The SMILES string of the molecule is Cc1ncccc1OCCOc1ccc(C(=O)NN)cc1. The van der Waals surface area contributed by atoms with Crippen LogP contribution in [0.5, 0.6) is 11.5 Å². The van der Waals surface area contributed by atoms with E-state index in [0.717, 1.165) is 11.4 Å². The maximum Gasteiger partial charge on any atom is 0.265 e. The van der Waals surface area contributed by atoms with Crippen LogP contribution >= 0.6 is 0 Å². The van der Waals surface area contributed by atoms with Gasteiger partial charge >= 0.3 is 0 Å². The molecule has 0 bridgehead atoms. The molecule has 1 aromatic heterocycles. The number of hydrazine groups is 1. The summed E-state index contributed by atoms with van der Waals surface area (Å²) in [6, 6.07) is 10.4. The Morgan fingerprint density at radius 1 is 1.19 bits per heavy atom. The van der Waals surface area contributed by atoms with Crippen molar-refractivity contribution in [1.29, 1.82) is 0 Å². The molecule has 2 rings (SSSR count). The third-order valence-corrected chi connectivity index (χ3v) is 2.82. The summed E-state index contributed by atoms with van der Waals surface area (Å²) in [5.74, 6) is 6.13. The lowest BCUT2D eigenvalue weighted by Gasteiger charge is -2.09. The first kappa shape index (κ1) is 14.8. The van der Waals surface area contributed by atoms with Gasteiger partial charge in [0, 0.05) is 11.8 Å². The van der Waals surface area contributed by atoms with Crippen molar-refractivity contribution < 1.29 is 14.3 Å². The number of hydrogen-bond acceptors (Lipinski definition) is 5. The number of aryl methyl sites for hydroxylation is 1. The minimum Gasteiger partial charge on any atom is -0.490 e. The Labute approximate surface area is 122 Å². The second-order valence-corrected chi connectivity index (χ2v) is 4.28. The van der Waals surface area contributed by atoms with E-state index in [4.69, 9.17) is 15.3 Å². The zero-order chi connectivity index (χ0) is 15.1. The standard InChI is InChI=1S/C15H17N3O3/c1-11-14(3-2-8-17-11)21-10-9-20-13-6-4-12(5-7-13)15(19)18-16/h2-8H,9-10,16H2,1H3,(H,18,19). The summed E-state index contributed by atoms with van der Waals surface area (Å²) in [5.41, 5.74) is 3.39. The van der Waals surface area contributed by atoms with Gasteiger partial charge in [0.1, 0.15) is 24.7 Å². The minimum absolute atomic E-state index is 0.336. The van der Waals surface area contributed by atoms with Crippen LogP contribution in [0.2, 0.25) is 0 Å². The van der Waals surface area contributed by atoms with Crippen LogP contribution in [0.3, 0.4) is 0 Å². The van der Waals surface area contributed by atoms with Gasteiger partial charge in [0.15, 0.2) is 0 Å². The monoisotopic (exact) mass is 287 g/mol. The predicted molar refractivity (Wildman–Crippen MR) is 78.1 cm³/mol. The summed E-state index contributed by atoms with van der Waals surface area (Å²) in [5, 5.41) is 0. The Kier molecular flexibility index (Phi) is 5.11. The number of hydrogen-bond donors (Lipinski definition) is 2. The highest BCUT2D eigenvalue weighted by Gasteiger charge is 2.03. The van der Waals surface area contributed by atoms with Crippen LogP contribution in [0.1, 0.15) is 16.1 Å². The lowest BCUT2D eigenvalue weighted by molar-refractivity contribution is 0.0953. The molecule has 21 heavy (non-hydrogen) atoms. The minimum atomic E-state index is -0.336. The normalized spacial score (nSPS) is 10.0. The Hall–Kier alpha value is -2.60. The molecule has 0 saturated carbocycles. The van der Waals surface area contributed by atoms with Crippen molar-refractivity contribution in [3.63, 3.8) is 0 Å². The number of nitrogen functional groups attached to an aromatic ring is 1. The van der Waals surface area contributed by atoms with Crippen molar-refractivity contribution in [3.05, 3.63) is 53.9 Å². The Morgan fingerprint density at radius 2 is 1.90 bits per heavy atom. The molecule has 1 heterocycles. The van der Waals surface area contributed by atoms with Gasteiger partial charge < -0.3 is 9.47 Å². The lowest BCUT2D eigenvalue weighted by atomic mass is 10.2. The van der Waals surface area contributed by atoms with Crippen molar-refractivity contribution in [2.24, 2.45) is 5.84 Å². The number of ether oxygens (including phenoxy) is 2. The molecule has 3 N–H and O–H groups in total. The largest absolute Gasteiger partial charge is 0.490 e. The van der Waals surface area contributed by atoms with Gasteiger partial charge in [-0.05, 0) is 43.3 Å². The van der Waals surface area contributed by atoms with Gasteiger partial charge in [0.25, 0.3) is 5.91 Å². The molecule has 0 radical (unpaired) electrons. The third kappa shape index (κ3) is 4.19. The lowest BCUT2D eigenvalue weighted by Crippen LogP contribution is -2.29. The average molecular weight is 287 g/mol. The zero-order valence-electron chi connectivity index (χ0n) is 11.7. The molecular formula is C15H17N3O3. The van der Waals surface area contributed by atoms with Crippen LogP contribution in [0.25, 0.3) is 0 Å². The molecule has 6 nitrogen and oxygen atoms in total. The second-order valence-electron chi connectivity index (χ2n) is 4.28. The molecule has 0 aliphatic heterocycles. The molecule has 2 aromatic rings. The molecule has 0 aliphatic carbocycles. The summed E-state index contributed by atoms with van der Waals surface area (Å²) in [6.45, 7) is 2.70. The number of aromatic nitrogens is 1. The van der Waals surface area contributed by atoms with Gasteiger partial charge in [0.05, 0.1) is 5.69 Å². The Bertz CT molecular complexity index is 599. The number of nitrogens with two attached hydrogens (primary N) is 1. The van der Waals surface area contributed by atoms with E-state index in [1.165, 1.54) is 0 Å². The number of amides is 1. The topological polar surface area (TPSA) is 86.5 Å². The van der Waals surface area contributed by atoms with Crippen molar-refractivity contribution in [3.8, 4) is 11.5 Å². The van der Waals surface area contributed by atoms with Crippen LogP contribution < -0.4 is 20.7 Å². The van der Waals surface area contributed by atoms with Crippen molar-refractivity contribution in [1.82, 2.24) is 10.4 Å². The first-order valence-corrected chi connectivity index (χ1v) is 6.49. The zero-order valence-corrected chi connectivity index (χ0v) is 11.7. The highest BCUT2D eigenvalue weighted by molar-refractivity contribution is 5.93. The van der Waals surface area contributed by atoms with Gasteiger partial charge in [0.2, 0.25) is 0 Å².